The Labute approximate surface area is 183 Å². The first-order valence-corrected chi connectivity index (χ1v) is 11.7. The molecule has 5 nitrogen and oxygen atoms in total. The number of hydrogen-bond acceptors (Lipinski definition) is 2. The van der Waals surface area contributed by atoms with Crippen molar-refractivity contribution in [3.8, 4) is 0 Å². The van der Waals surface area contributed by atoms with E-state index in [-0.39, 0.29) is 5.82 Å². The van der Waals surface area contributed by atoms with Gasteiger partial charge in [-0.15, -0.1) is 0 Å². The summed E-state index contributed by atoms with van der Waals surface area (Å²) < 4.78 is 18.9. The molecule has 8 heteroatoms. The van der Waals surface area contributed by atoms with Crippen molar-refractivity contribution >= 4 is 34.2 Å². The largest absolute Gasteiger partial charge is 0.386 e. The van der Waals surface area contributed by atoms with Gasteiger partial charge in [0.05, 0.1) is 15.5 Å². The molecule has 1 unspecified atom stereocenters. The van der Waals surface area contributed by atoms with Crippen LogP contribution in [0.5, 0.6) is 0 Å². The van der Waals surface area contributed by atoms with Gasteiger partial charge < -0.3 is 10.4 Å². The van der Waals surface area contributed by atoms with Gasteiger partial charge in [0.2, 0.25) is 0 Å². The quantitative estimate of drug-likeness (QED) is 0.619. The number of hydrogen-bond donors (Lipinski definition) is 3. The maximum atomic E-state index is 14.8. The standard InChI is InChI=1S/C22H25ClFN3O2S/c1-22(2,29)12-9-10-18(17(23)11-12)30(25)27-21(28)26-20-15-7-3-5-13(15)19(24)14-6-4-8-16(14)20/h9-11,29H,3-8H2,1-2H3,(H3,25,26,27,28). The lowest BCUT2D eigenvalue weighted by molar-refractivity contribution is 0.0785. The molecule has 2 aliphatic rings. The van der Waals surface area contributed by atoms with Crippen molar-refractivity contribution in [3.05, 3.63) is 56.9 Å². The monoisotopic (exact) mass is 449 g/mol. The molecule has 0 bridgehead atoms. The second-order valence-electron chi connectivity index (χ2n) is 8.35. The fraction of sp³-hybridized carbons (Fsp3) is 0.409. The van der Waals surface area contributed by atoms with Crippen LogP contribution in [0.3, 0.4) is 0 Å². The molecule has 2 amide bonds. The molecule has 2 aliphatic carbocycles. The van der Waals surface area contributed by atoms with E-state index in [4.69, 9.17) is 16.7 Å². The van der Waals surface area contributed by atoms with Gasteiger partial charge >= 0.3 is 6.03 Å². The molecule has 0 aliphatic heterocycles. The number of nitrogens with one attached hydrogen (secondary N) is 1. The van der Waals surface area contributed by atoms with E-state index in [0.29, 0.717) is 28.3 Å². The molecule has 0 aromatic heterocycles. The van der Waals surface area contributed by atoms with Crippen LogP contribution in [0.2, 0.25) is 5.02 Å². The minimum Gasteiger partial charge on any atom is -0.386 e. The van der Waals surface area contributed by atoms with Crippen LogP contribution in [-0.4, -0.2) is 11.1 Å². The first kappa shape index (κ1) is 21.4. The zero-order valence-corrected chi connectivity index (χ0v) is 18.6. The van der Waals surface area contributed by atoms with Gasteiger partial charge in [0.1, 0.15) is 5.82 Å². The van der Waals surface area contributed by atoms with E-state index >= 15 is 0 Å². The molecule has 30 heavy (non-hydrogen) atoms. The molecule has 2 aromatic carbocycles. The minimum atomic E-state index is -1.26. The van der Waals surface area contributed by atoms with Crippen LogP contribution in [0.15, 0.2) is 27.5 Å². The van der Waals surface area contributed by atoms with Crippen LogP contribution >= 0.6 is 11.6 Å². The first-order valence-electron chi connectivity index (χ1n) is 10.1. The number of carbonyl (C=O) groups excluding carboxylic acids is 1. The van der Waals surface area contributed by atoms with E-state index in [2.05, 4.69) is 9.68 Å². The van der Waals surface area contributed by atoms with E-state index in [1.54, 1.807) is 32.0 Å². The molecule has 0 saturated heterocycles. The van der Waals surface area contributed by atoms with E-state index in [1.807, 2.05) is 0 Å². The number of nitrogens with two attached hydrogens (primary N) is 1. The molecule has 0 radical (unpaired) electrons. The number of amides is 2. The fourth-order valence-corrected chi connectivity index (χ4v) is 5.56. The van der Waals surface area contributed by atoms with Gasteiger partial charge in [0.15, 0.2) is 0 Å². The number of benzene rings is 2. The lowest BCUT2D eigenvalue weighted by atomic mass is 9.98. The van der Waals surface area contributed by atoms with E-state index in [0.717, 1.165) is 53.6 Å². The number of carbonyl (C=O) groups is 1. The van der Waals surface area contributed by atoms with Crippen molar-refractivity contribution in [2.24, 2.45) is 9.50 Å². The fourth-order valence-electron chi connectivity index (χ4n) is 4.36. The Balaban J connectivity index is 1.63. The summed E-state index contributed by atoms with van der Waals surface area (Å²) in [5.74, 6) is -0.0813. The predicted molar refractivity (Wildman–Crippen MR) is 118 cm³/mol. The number of nitrogens with zero attached hydrogens (tertiary/aromatic N) is 1. The van der Waals surface area contributed by atoms with Crippen molar-refractivity contribution < 1.29 is 14.3 Å². The van der Waals surface area contributed by atoms with Gasteiger partial charge in [-0.25, -0.2) is 9.18 Å². The molecule has 4 rings (SSSR count). The third-order valence-corrected chi connectivity index (χ3v) is 7.44. The number of anilines is 1. The molecule has 2 aromatic rings. The van der Waals surface area contributed by atoms with Gasteiger partial charge in [-0.3, -0.25) is 5.14 Å². The van der Waals surface area contributed by atoms with E-state index in [9.17, 15) is 14.3 Å². The average molecular weight is 450 g/mol. The SMILES string of the molecule is CC(C)(O)c1ccc(S(N)=NC(=O)Nc2c3c(c(F)c4c2CCC4)CCC3)c(Cl)c1. The Morgan fingerprint density at radius 2 is 1.73 bits per heavy atom. The zero-order chi connectivity index (χ0) is 21.6. The smallest absolute Gasteiger partial charge is 0.352 e. The highest BCUT2D eigenvalue weighted by molar-refractivity contribution is 7.85. The van der Waals surface area contributed by atoms with Crippen molar-refractivity contribution in [1.82, 2.24) is 0 Å². The van der Waals surface area contributed by atoms with Crippen molar-refractivity contribution in [2.45, 2.75) is 62.9 Å². The molecule has 0 spiro atoms. The second kappa shape index (κ2) is 8.04. The zero-order valence-electron chi connectivity index (χ0n) is 17.0. The second-order valence-corrected chi connectivity index (χ2v) is 10.0. The van der Waals surface area contributed by atoms with Gasteiger partial charge in [-0.1, -0.05) is 17.7 Å². The topological polar surface area (TPSA) is 87.7 Å². The average Bonchev–Trinajstić information content (AvgIpc) is 3.34. The van der Waals surface area contributed by atoms with Crippen molar-refractivity contribution in [1.29, 1.82) is 0 Å². The Bertz CT molecular complexity index is 1040. The lowest BCUT2D eigenvalue weighted by Gasteiger charge is -2.19. The maximum absolute atomic E-state index is 14.8. The van der Waals surface area contributed by atoms with Crippen molar-refractivity contribution in [2.75, 3.05) is 5.32 Å². The third-order valence-electron chi connectivity index (χ3n) is 5.85. The van der Waals surface area contributed by atoms with Gasteiger partial charge in [-0.05, 0) is 92.3 Å². The molecule has 0 heterocycles. The molecule has 1 atom stereocenters. The highest BCUT2D eigenvalue weighted by atomic mass is 35.5. The maximum Gasteiger partial charge on any atom is 0.352 e. The summed E-state index contributed by atoms with van der Waals surface area (Å²) >= 11 is 6.33. The van der Waals surface area contributed by atoms with Crippen LogP contribution in [0, 0.1) is 5.82 Å². The van der Waals surface area contributed by atoms with Crippen LogP contribution < -0.4 is 10.5 Å². The van der Waals surface area contributed by atoms with Crippen LogP contribution in [0.4, 0.5) is 14.9 Å². The number of halogens is 2. The highest BCUT2D eigenvalue weighted by Crippen LogP contribution is 2.41. The van der Waals surface area contributed by atoms with Crippen LogP contribution in [0.1, 0.15) is 54.5 Å². The summed E-state index contributed by atoms with van der Waals surface area (Å²) in [4.78, 5) is 13.2. The Morgan fingerprint density at radius 3 is 2.27 bits per heavy atom. The summed E-state index contributed by atoms with van der Waals surface area (Å²) in [5.41, 5.74) is 3.63. The van der Waals surface area contributed by atoms with Gasteiger partial charge in [0, 0.05) is 16.6 Å². The summed E-state index contributed by atoms with van der Waals surface area (Å²) in [6.45, 7) is 3.33. The summed E-state index contributed by atoms with van der Waals surface area (Å²) in [6.07, 6.45) is 4.71. The third kappa shape index (κ3) is 3.91. The number of urea groups is 1. The van der Waals surface area contributed by atoms with Gasteiger partial charge in [0.25, 0.3) is 0 Å². The molecular formula is C22H25ClFN3O2S. The summed E-state index contributed by atoms with van der Waals surface area (Å²) in [6, 6.07) is 4.49. The number of aliphatic hydroxyl groups is 1. The Hall–Kier alpha value is -1.80. The molecule has 160 valence electrons. The normalized spacial score (nSPS) is 16.5. The lowest BCUT2D eigenvalue weighted by Crippen LogP contribution is -2.17. The van der Waals surface area contributed by atoms with Crippen LogP contribution in [0.25, 0.3) is 0 Å². The van der Waals surface area contributed by atoms with Crippen molar-refractivity contribution in [3.63, 3.8) is 0 Å². The number of fused-ring (bicyclic) bond motifs is 2. The van der Waals surface area contributed by atoms with Gasteiger partial charge in [-0.2, -0.15) is 4.36 Å². The summed E-state index contributed by atoms with van der Waals surface area (Å²) in [7, 11) is -1.26. The first-order chi connectivity index (χ1) is 14.2. The van der Waals surface area contributed by atoms with E-state index < -0.39 is 22.5 Å². The molecule has 0 saturated carbocycles. The molecule has 4 N–H and O–H groups in total. The highest BCUT2D eigenvalue weighted by Gasteiger charge is 2.29. The molecule has 0 fully saturated rings. The number of rotatable bonds is 3. The Morgan fingerprint density at radius 1 is 1.17 bits per heavy atom. The minimum absolute atomic E-state index is 0.0813. The van der Waals surface area contributed by atoms with E-state index in [1.165, 1.54) is 0 Å². The Kier molecular flexibility index (Phi) is 5.74. The summed E-state index contributed by atoms with van der Waals surface area (Å²) in [5, 5.41) is 19.5. The van der Waals surface area contributed by atoms with Crippen LogP contribution in [-0.2, 0) is 42.2 Å². The predicted octanol–water partition coefficient (Wildman–Crippen LogP) is 4.95. The molecular weight excluding hydrogens is 425 g/mol.